The molecule has 4 heteroatoms. The second-order valence-corrected chi connectivity index (χ2v) is 6.25. The first-order valence-electron chi connectivity index (χ1n) is 7.27. The molecule has 4 nitrogen and oxygen atoms in total. The van der Waals surface area contributed by atoms with Crippen molar-refractivity contribution in [2.24, 2.45) is 0 Å². The topological polar surface area (TPSA) is 50.4 Å². The van der Waals surface area contributed by atoms with Crippen LogP contribution in [0.1, 0.15) is 51.6 Å². The Morgan fingerprint density at radius 2 is 1.95 bits per heavy atom. The van der Waals surface area contributed by atoms with E-state index >= 15 is 0 Å². The minimum atomic E-state index is -0.476. The van der Waals surface area contributed by atoms with E-state index in [1.54, 1.807) is 0 Å². The van der Waals surface area contributed by atoms with Crippen LogP contribution in [-0.2, 0) is 4.74 Å². The molecule has 2 rings (SSSR count). The van der Waals surface area contributed by atoms with Crippen LogP contribution in [-0.4, -0.2) is 18.2 Å². The minimum Gasteiger partial charge on any atom is -0.444 e. The van der Waals surface area contributed by atoms with Crippen molar-refractivity contribution in [1.82, 2.24) is 5.32 Å². The first-order chi connectivity index (χ1) is 9.44. The number of hydrogen-bond acceptors (Lipinski definition) is 3. The molecule has 1 aliphatic heterocycles. The summed E-state index contributed by atoms with van der Waals surface area (Å²) in [5.41, 5.74) is 1.56. The number of nitrogens with one attached hydrogen (secondary N) is 2. The van der Waals surface area contributed by atoms with Gasteiger partial charge in [-0.15, -0.1) is 0 Å². The normalized spacial score (nSPS) is 19.4. The summed E-state index contributed by atoms with van der Waals surface area (Å²) < 4.78 is 5.23. The van der Waals surface area contributed by atoms with Gasteiger partial charge in [0.25, 0.3) is 0 Å². The van der Waals surface area contributed by atoms with Crippen LogP contribution < -0.4 is 10.6 Å². The Kier molecular flexibility index (Phi) is 4.65. The highest BCUT2D eigenvalue weighted by Gasteiger charge is 2.17. The average Bonchev–Trinajstić information content (AvgIpc) is 2.38. The minimum absolute atomic E-state index is 0.416. The third-order valence-corrected chi connectivity index (χ3v) is 3.27. The summed E-state index contributed by atoms with van der Waals surface area (Å²) in [5.74, 6) is 0. The van der Waals surface area contributed by atoms with E-state index in [1.807, 2.05) is 32.9 Å². The zero-order valence-corrected chi connectivity index (χ0v) is 12.5. The number of piperidine rings is 1. The average molecular weight is 276 g/mol. The Hall–Kier alpha value is -1.55. The molecular formula is C16H24N2O2. The molecule has 1 atom stereocenters. The molecular weight excluding hydrogens is 252 g/mol. The number of anilines is 1. The van der Waals surface area contributed by atoms with E-state index in [9.17, 15) is 4.79 Å². The van der Waals surface area contributed by atoms with E-state index in [0.29, 0.717) is 6.04 Å². The van der Waals surface area contributed by atoms with Crippen molar-refractivity contribution in [3.63, 3.8) is 0 Å². The van der Waals surface area contributed by atoms with Gasteiger partial charge < -0.3 is 10.1 Å². The van der Waals surface area contributed by atoms with Crippen molar-refractivity contribution in [2.75, 3.05) is 11.9 Å². The predicted octanol–water partition coefficient (Wildman–Crippen LogP) is 3.85. The van der Waals surface area contributed by atoms with Crippen molar-refractivity contribution >= 4 is 11.8 Å². The zero-order valence-electron chi connectivity index (χ0n) is 12.5. The van der Waals surface area contributed by atoms with Crippen molar-refractivity contribution < 1.29 is 9.53 Å². The van der Waals surface area contributed by atoms with Gasteiger partial charge in [-0.1, -0.05) is 18.6 Å². The Bertz CT molecular complexity index is 443. The van der Waals surface area contributed by atoms with Crippen LogP contribution in [0.4, 0.5) is 10.5 Å². The zero-order chi connectivity index (χ0) is 14.6. The fourth-order valence-electron chi connectivity index (χ4n) is 2.36. The maximum absolute atomic E-state index is 11.7. The lowest BCUT2D eigenvalue weighted by molar-refractivity contribution is 0.0636. The predicted molar refractivity (Wildman–Crippen MR) is 80.9 cm³/mol. The molecule has 0 spiro atoms. The third kappa shape index (κ3) is 4.53. The monoisotopic (exact) mass is 276 g/mol. The van der Waals surface area contributed by atoms with Crippen molar-refractivity contribution in [2.45, 2.75) is 51.7 Å². The van der Waals surface area contributed by atoms with Gasteiger partial charge in [0.05, 0.1) is 0 Å². The SMILES string of the molecule is CC(C)(C)OC(=O)Nc1ccc(C2CCCCN2)cc1. The van der Waals surface area contributed by atoms with Crippen LogP contribution >= 0.6 is 0 Å². The van der Waals surface area contributed by atoms with Gasteiger partial charge >= 0.3 is 6.09 Å². The van der Waals surface area contributed by atoms with Gasteiger partial charge in [-0.25, -0.2) is 4.79 Å². The van der Waals surface area contributed by atoms with E-state index in [1.165, 1.54) is 24.8 Å². The van der Waals surface area contributed by atoms with Crippen LogP contribution in [0, 0.1) is 0 Å². The van der Waals surface area contributed by atoms with Gasteiger partial charge in [0.15, 0.2) is 0 Å². The van der Waals surface area contributed by atoms with E-state index in [-0.39, 0.29) is 0 Å². The van der Waals surface area contributed by atoms with E-state index in [2.05, 4.69) is 22.8 Å². The lowest BCUT2D eigenvalue weighted by Gasteiger charge is -2.24. The second-order valence-electron chi connectivity index (χ2n) is 6.25. The molecule has 1 heterocycles. The number of rotatable bonds is 2. The van der Waals surface area contributed by atoms with Gasteiger partial charge in [0.2, 0.25) is 0 Å². The van der Waals surface area contributed by atoms with Crippen LogP contribution in [0.2, 0.25) is 0 Å². The Morgan fingerprint density at radius 3 is 2.50 bits per heavy atom. The summed E-state index contributed by atoms with van der Waals surface area (Å²) >= 11 is 0. The number of carbonyl (C=O) groups is 1. The maximum atomic E-state index is 11.7. The lowest BCUT2D eigenvalue weighted by atomic mass is 9.97. The summed E-state index contributed by atoms with van der Waals surface area (Å²) in [7, 11) is 0. The van der Waals surface area contributed by atoms with E-state index in [0.717, 1.165) is 12.2 Å². The fraction of sp³-hybridized carbons (Fsp3) is 0.562. The quantitative estimate of drug-likeness (QED) is 0.862. The molecule has 0 saturated carbocycles. The van der Waals surface area contributed by atoms with Crippen molar-refractivity contribution in [1.29, 1.82) is 0 Å². The summed E-state index contributed by atoms with van der Waals surface area (Å²) in [6.45, 7) is 6.64. The van der Waals surface area contributed by atoms with Crippen LogP contribution in [0.15, 0.2) is 24.3 Å². The third-order valence-electron chi connectivity index (χ3n) is 3.27. The molecule has 0 radical (unpaired) electrons. The first-order valence-corrected chi connectivity index (χ1v) is 7.27. The van der Waals surface area contributed by atoms with Gasteiger partial charge in [0, 0.05) is 11.7 Å². The first kappa shape index (κ1) is 14.9. The van der Waals surface area contributed by atoms with Crippen LogP contribution in [0.25, 0.3) is 0 Å². The number of ether oxygens (including phenoxy) is 1. The molecule has 1 aromatic carbocycles. The molecule has 0 bridgehead atoms. The molecule has 2 N–H and O–H groups in total. The second kappa shape index (κ2) is 6.27. The highest BCUT2D eigenvalue weighted by atomic mass is 16.6. The lowest BCUT2D eigenvalue weighted by Crippen LogP contribution is -2.27. The smallest absolute Gasteiger partial charge is 0.412 e. The molecule has 1 saturated heterocycles. The Morgan fingerprint density at radius 1 is 1.25 bits per heavy atom. The van der Waals surface area contributed by atoms with Crippen LogP contribution in [0.5, 0.6) is 0 Å². The fourth-order valence-corrected chi connectivity index (χ4v) is 2.36. The maximum Gasteiger partial charge on any atom is 0.412 e. The molecule has 1 unspecified atom stereocenters. The van der Waals surface area contributed by atoms with Crippen molar-refractivity contribution in [3.8, 4) is 0 Å². The van der Waals surface area contributed by atoms with Crippen molar-refractivity contribution in [3.05, 3.63) is 29.8 Å². The van der Waals surface area contributed by atoms with E-state index in [4.69, 9.17) is 4.74 Å². The van der Waals surface area contributed by atoms with E-state index < -0.39 is 11.7 Å². The number of hydrogen-bond donors (Lipinski definition) is 2. The summed E-state index contributed by atoms with van der Waals surface area (Å²) in [6, 6.07) is 8.43. The molecule has 1 amide bonds. The summed E-state index contributed by atoms with van der Waals surface area (Å²) in [6.07, 6.45) is 3.30. The largest absolute Gasteiger partial charge is 0.444 e. The molecule has 1 aliphatic rings. The standard InChI is InChI=1S/C16H24N2O2/c1-16(2,3)20-15(19)18-13-9-7-12(8-10-13)14-6-4-5-11-17-14/h7-10,14,17H,4-6,11H2,1-3H3,(H,18,19). The molecule has 1 aromatic rings. The molecule has 1 fully saturated rings. The number of amides is 1. The molecule has 0 aromatic heterocycles. The number of carbonyl (C=O) groups excluding carboxylic acids is 1. The molecule has 20 heavy (non-hydrogen) atoms. The Balaban J connectivity index is 1.92. The van der Waals surface area contributed by atoms with Gasteiger partial charge in [-0.3, -0.25) is 5.32 Å². The van der Waals surface area contributed by atoms with Gasteiger partial charge in [-0.2, -0.15) is 0 Å². The molecule has 0 aliphatic carbocycles. The highest BCUT2D eigenvalue weighted by Crippen LogP contribution is 2.24. The van der Waals surface area contributed by atoms with Gasteiger partial charge in [-0.05, 0) is 57.9 Å². The molecule has 110 valence electrons. The summed E-state index contributed by atoms with van der Waals surface area (Å²) in [4.78, 5) is 11.7. The number of benzene rings is 1. The summed E-state index contributed by atoms with van der Waals surface area (Å²) in [5, 5.41) is 6.26. The van der Waals surface area contributed by atoms with Gasteiger partial charge in [0.1, 0.15) is 5.60 Å². The highest BCUT2D eigenvalue weighted by molar-refractivity contribution is 5.84. The Labute approximate surface area is 120 Å². The van der Waals surface area contributed by atoms with Crippen LogP contribution in [0.3, 0.4) is 0 Å².